The van der Waals surface area contributed by atoms with Crippen LogP contribution in [0.15, 0.2) is 11.1 Å². The van der Waals surface area contributed by atoms with Gasteiger partial charge in [0.1, 0.15) is 5.15 Å². The highest BCUT2D eigenvalue weighted by atomic mass is 127. The molecule has 0 unspecified atom stereocenters. The first-order valence-corrected chi connectivity index (χ1v) is 8.00. The minimum Gasteiger partial charge on any atom is -0.356 e. The van der Waals surface area contributed by atoms with E-state index >= 15 is 0 Å². The summed E-state index contributed by atoms with van der Waals surface area (Å²) < 4.78 is 1.86. The Balaban J connectivity index is 0.00000484. The Morgan fingerprint density at radius 3 is 2.35 bits per heavy atom. The maximum atomic E-state index is 6.07. The van der Waals surface area contributed by atoms with E-state index in [1.54, 1.807) is 7.05 Å². The molecule has 8 heteroatoms. The van der Waals surface area contributed by atoms with E-state index in [0.29, 0.717) is 16.7 Å². The largest absolute Gasteiger partial charge is 0.356 e. The van der Waals surface area contributed by atoms with Crippen molar-refractivity contribution in [1.82, 2.24) is 20.1 Å². The molecule has 0 aliphatic carbocycles. The molecule has 134 valence electrons. The van der Waals surface area contributed by atoms with E-state index in [1.165, 1.54) is 0 Å². The van der Waals surface area contributed by atoms with Crippen molar-refractivity contribution in [3.8, 4) is 0 Å². The van der Waals surface area contributed by atoms with Gasteiger partial charge in [-0.3, -0.25) is 4.99 Å². The summed E-state index contributed by atoms with van der Waals surface area (Å²) in [5, 5.41) is 7.76. The zero-order valence-corrected chi connectivity index (χ0v) is 18.5. The first-order chi connectivity index (χ1) is 10.2. The van der Waals surface area contributed by atoms with Gasteiger partial charge in [-0.2, -0.15) is 0 Å². The van der Waals surface area contributed by atoms with Gasteiger partial charge in [0, 0.05) is 32.9 Å². The first-order valence-electron chi connectivity index (χ1n) is 7.25. The Morgan fingerprint density at radius 2 is 1.91 bits per heavy atom. The predicted molar refractivity (Wildman–Crippen MR) is 111 cm³/mol. The topological polar surface area (TPSA) is 44.6 Å². The number of rotatable bonds is 6. The fraction of sp³-hybridized carbons (Fsp3) is 0.667. The molecule has 1 aromatic rings. The summed E-state index contributed by atoms with van der Waals surface area (Å²) in [7, 11) is 7.82. The van der Waals surface area contributed by atoms with Gasteiger partial charge in [0.2, 0.25) is 0 Å². The molecule has 0 fully saturated rings. The molecule has 23 heavy (non-hydrogen) atoms. The lowest BCUT2D eigenvalue weighted by atomic mass is 9.93. The molecule has 0 saturated carbocycles. The van der Waals surface area contributed by atoms with Crippen LogP contribution in [-0.4, -0.2) is 49.7 Å². The Bertz CT molecular complexity index is 526. The van der Waals surface area contributed by atoms with E-state index in [4.69, 9.17) is 23.2 Å². The molecular weight excluding hydrogens is 448 g/mol. The maximum Gasteiger partial charge on any atom is 0.191 e. The molecule has 1 heterocycles. The molecule has 0 radical (unpaired) electrons. The molecule has 1 rings (SSSR count). The van der Waals surface area contributed by atoms with E-state index < -0.39 is 0 Å². The second-order valence-corrected chi connectivity index (χ2v) is 7.28. The van der Waals surface area contributed by atoms with Crippen molar-refractivity contribution in [1.29, 1.82) is 0 Å². The minimum atomic E-state index is 0. The number of nitrogens with one attached hydrogen (secondary N) is 2. The van der Waals surface area contributed by atoms with Gasteiger partial charge in [-0.1, -0.05) is 37.0 Å². The van der Waals surface area contributed by atoms with Gasteiger partial charge in [0.15, 0.2) is 5.96 Å². The summed E-state index contributed by atoms with van der Waals surface area (Å²) >= 11 is 12.1. The van der Waals surface area contributed by atoms with Crippen molar-refractivity contribution in [3.05, 3.63) is 21.9 Å². The van der Waals surface area contributed by atoms with Crippen LogP contribution in [0, 0.1) is 5.41 Å². The van der Waals surface area contributed by atoms with Crippen molar-refractivity contribution in [2.24, 2.45) is 17.5 Å². The van der Waals surface area contributed by atoms with Crippen LogP contribution in [-0.2, 0) is 13.6 Å². The van der Waals surface area contributed by atoms with E-state index in [2.05, 4.69) is 48.5 Å². The molecule has 2 N–H and O–H groups in total. The molecule has 0 aromatic carbocycles. The Kier molecular flexibility index (Phi) is 9.88. The maximum absolute atomic E-state index is 6.07. The zero-order valence-electron chi connectivity index (χ0n) is 14.7. The van der Waals surface area contributed by atoms with Crippen molar-refractivity contribution >= 4 is 53.1 Å². The smallest absolute Gasteiger partial charge is 0.191 e. The highest BCUT2D eigenvalue weighted by molar-refractivity contribution is 14.0. The fourth-order valence-electron chi connectivity index (χ4n) is 2.39. The highest BCUT2D eigenvalue weighted by Crippen LogP contribution is 2.24. The minimum absolute atomic E-state index is 0. The Morgan fingerprint density at radius 1 is 1.30 bits per heavy atom. The van der Waals surface area contributed by atoms with Gasteiger partial charge >= 0.3 is 0 Å². The van der Waals surface area contributed by atoms with Crippen LogP contribution in [0.3, 0.4) is 0 Å². The van der Waals surface area contributed by atoms with E-state index in [-0.39, 0.29) is 29.4 Å². The molecule has 0 aliphatic heterocycles. The second-order valence-electron chi connectivity index (χ2n) is 6.51. The molecule has 0 atom stereocenters. The lowest BCUT2D eigenvalue weighted by Crippen LogP contribution is -2.44. The van der Waals surface area contributed by atoms with E-state index in [0.717, 1.165) is 24.7 Å². The van der Waals surface area contributed by atoms with Crippen LogP contribution in [0.25, 0.3) is 0 Å². The molecule has 0 amide bonds. The summed E-state index contributed by atoms with van der Waals surface area (Å²) in [4.78, 5) is 6.44. The third-order valence-electron chi connectivity index (χ3n) is 3.35. The standard InChI is InChI=1S/C15H27Cl2N5.HI/c1-15(2,10-21(4)5)9-20-14(18-3)19-8-11-7-12(16)13(17)22(11)6;/h7H,8-10H2,1-6H3,(H2,18,19,20);1H. The number of halogens is 3. The molecule has 5 nitrogen and oxygen atoms in total. The summed E-state index contributed by atoms with van der Waals surface area (Å²) in [5.41, 5.74) is 1.16. The van der Waals surface area contributed by atoms with E-state index in [9.17, 15) is 0 Å². The first kappa shape index (κ1) is 22.8. The summed E-state index contributed by atoms with van der Waals surface area (Å²) in [6.45, 7) is 6.89. The number of nitrogens with zero attached hydrogens (tertiary/aromatic N) is 3. The monoisotopic (exact) mass is 475 g/mol. The van der Waals surface area contributed by atoms with E-state index in [1.807, 2.05) is 17.7 Å². The van der Waals surface area contributed by atoms with Crippen LogP contribution >= 0.6 is 47.2 Å². The van der Waals surface area contributed by atoms with Gasteiger partial charge in [0.05, 0.1) is 11.6 Å². The molecular formula is C15H28Cl2IN5. The number of aromatic nitrogens is 1. The van der Waals surface area contributed by atoms with Gasteiger partial charge in [-0.25, -0.2) is 0 Å². The second kappa shape index (κ2) is 9.96. The Hall–Kier alpha value is -0.180. The zero-order chi connectivity index (χ0) is 16.9. The van der Waals surface area contributed by atoms with Crippen LogP contribution in [0.5, 0.6) is 0 Å². The summed E-state index contributed by atoms with van der Waals surface area (Å²) in [6.07, 6.45) is 0. The fourth-order valence-corrected chi connectivity index (χ4v) is 2.80. The quantitative estimate of drug-likeness (QED) is 0.377. The number of guanidine groups is 1. The van der Waals surface area contributed by atoms with Crippen molar-refractivity contribution in [3.63, 3.8) is 0 Å². The SMILES string of the molecule is CN=C(NCc1cc(Cl)c(Cl)n1C)NCC(C)(C)CN(C)C.I. The lowest BCUT2D eigenvalue weighted by molar-refractivity contribution is 0.241. The summed E-state index contributed by atoms with van der Waals surface area (Å²) in [5.74, 6) is 0.764. The molecule has 0 aliphatic rings. The summed E-state index contributed by atoms with van der Waals surface area (Å²) in [6, 6.07) is 1.86. The Labute approximate surface area is 166 Å². The molecule has 0 bridgehead atoms. The van der Waals surface area contributed by atoms with Gasteiger partial charge in [0.25, 0.3) is 0 Å². The molecule has 1 aromatic heterocycles. The van der Waals surface area contributed by atoms with Crippen LogP contribution in [0.4, 0.5) is 0 Å². The van der Waals surface area contributed by atoms with Crippen LogP contribution in [0.2, 0.25) is 10.2 Å². The van der Waals surface area contributed by atoms with Crippen molar-refractivity contribution in [2.75, 3.05) is 34.2 Å². The van der Waals surface area contributed by atoms with Gasteiger partial charge in [-0.05, 0) is 25.6 Å². The number of hydrogen-bond donors (Lipinski definition) is 2. The average molecular weight is 476 g/mol. The van der Waals surface area contributed by atoms with Crippen LogP contribution in [0.1, 0.15) is 19.5 Å². The third kappa shape index (κ3) is 7.49. The third-order valence-corrected chi connectivity index (χ3v) is 4.20. The van der Waals surface area contributed by atoms with Crippen molar-refractivity contribution < 1.29 is 0 Å². The highest BCUT2D eigenvalue weighted by Gasteiger charge is 2.19. The average Bonchev–Trinajstić information content (AvgIpc) is 2.65. The van der Waals surface area contributed by atoms with Gasteiger partial charge in [-0.15, -0.1) is 24.0 Å². The van der Waals surface area contributed by atoms with Crippen LogP contribution < -0.4 is 10.6 Å². The molecule has 0 spiro atoms. The van der Waals surface area contributed by atoms with Crippen molar-refractivity contribution in [2.45, 2.75) is 20.4 Å². The molecule has 0 saturated heterocycles. The number of hydrogen-bond acceptors (Lipinski definition) is 2. The van der Waals surface area contributed by atoms with Gasteiger partial charge < -0.3 is 20.1 Å². The normalized spacial score (nSPS) is 12.3. The number of aliphatic imine (C=N–C) groups is 1. The lowest BCUT2D eigenvalue weighted by Gasteiger charge is -2.29. The predicted octanol–water partition coefficient (Wildman–Crippen LogP) is 3.20.